The number of aliphatic imine (C=N–C) groups is 1. The van der Waals surface area contributed by atoms with Gasteiger partial charge in [0.25, 0.3) is 0 Å². The molecule has 0 saturated heterocycles. The van der Waals surface area contributed by atoms with E-state index in [9.17, 15) is 0 Å². The molecular formula is C7H9N. The fraction of sp³-hybridized carbons (Fsp3) is 0.571. The summed E-state index contributed by atoms with van der Waals surface area (Å²) in [6.07, 6.45) is 4.39. The van der Waals surface area contributed by atoms with Crippen molar-refractivity contribution in [2.75, 3.05) is 0 Å². The van der Waals surface area contributed by atoms with E-state index in [2.05, 4.69) is 11.9 Å². The molecule has 0 N–H and O–H groups in total. The summed E-state index contributed by atoms with van der Waals surface area (Å²) in [5.41, 5.74) is 2.96. The van der Waals surface area contributed by atoms with Crippen LogP contribution in [-0.2, 0) is 0 Å². The Labute approximate surface area is 49.1 Å². The second kappa shape index (κ2) is 1.22. The second-order valence-electron chi connectivity index (χ2n) is 2.59. The summed E-state index contributed by atoms with van der Waals surface area (Å²) in [6.45, 7) is 2.27. The normalized spacial score (nSPS) is 32.9. The zero-order valence-electron chi connectivity index (χ0n) is 5.02. The predicted molar refractivity (Wildman–Crippen MR) is 33.9 cm³/mol. The summed E-state index contributed by atoms with van der Waals surface area (Å²) in [5.74, 6) is 0.840. The first-order valence-electron chi connectivity index (χ1n) is 3.12. The number of hydrogen-bond acceptors (Lipinski definition) is 1. The van der Waals surface area contributed by atoms with Crippen molar-refractivity contribution in [1.82, 2.24) is 0 Å². The molecule has 0 bridgehead atoms. The fourth-order valence-corrected chi connectivity index (χ4v) is 1.41. The molecule has 2 aliphatic rings. The first-order chi connectivity index (χ1) is 3.88. The Bertz CT molecular complexity index is 177. The van der Waals surface area contributed by atoms with Gasteiger partial charge in [-0.3, -0.25) is 4.99 Å². The van der Waals surface area contributed by atoms with Crippen LogP contribution in [0.15, 0.2) is 16.3 Å². The molecule has 0 saturated carbocycles. The van der Waals surface area contributed by atoms with Crippen LogP contribution < -0.4 is 0 Å². The molecule has 0 amide bonds. The maximum atomic E-state index is 4.21. The van der Waals surface area contributed by atoms with Gasteiger partial charge < -0.3 is 0 Å². The van der Waals surface area contributed by atoms with Crippen LogP contribution in [0.2, 0.25) is 0 Å². The summed E-state index contributed by atoms with van der Waals surface area (Å²) in [4.78, 5) is 4.21. The summed E-state index contributed by atoms with van der Waals surface area (Å²) < 4.78 is 0. The van der Waals surface area contributed by atoms with Crippen LogP contribution in [0.5, 0.6) is 0 Å². The Hall–Kier alpha value is -0.590. The molecule has 8 heavy (non-hydrogen) atoms. The van der Waals surface area contributed by atoms with E-state index in [1.165, 1.54) is 12.1 Å². The summed E-state index contributed by atoms with van der Waals surface area (Å²) >= 11 is 0. The lowest BCUT2D eigenvalue weighted by Gasteiger charge is -2.23. The van der Waals surface area contributed by atoms with Crippen LogP contribution in [0.3, 0.4) is 0 Å². The van der Waals surface area contributed by atoms with Gasteiger partial charge in [0.1, 0.15) is 0 Å². The summed E-state index contributed by atoms with van der Waals surface area (Å²) in [7, 11) is 0. The zero-order valence-corrected chi connectivity index (χ0v) is 5.02. The predicted octanol–water partition coefficient (Wildman–Crippen LogP) is 1.75. The smallest absolute Gasteiger partial charge is 0.0404 e. The fourth-order valence-electron chi connectivity index (χ4n) is 1.41. The van der Waals surface area contributed by atoms with Gasteiger partial charge in [-0.2, -0.15) is 0 Å². The molecule has 2 rings (SSSR count). The van der Waals surface area contributed by atoms with Crippen molar-refractivity contribution < 1.29 is 0 Å². The van der Waals surface area contributed by atoms with Crippen LogP contribution in [0.4, 0.5) is 0 Å². The van der Waals surface area contributed by atoms with Crippen molar-refractivity contribution in [2.24, 2.45) is 10.9 Å². The van der Waals surface area contributed by atoms with E-state index in [-0.39, 0.29) is 0 Å². The molecule has 1 unspecified atom stereocenters. The van der Waals surface area contributed by atoms with Gasteiger partial charge in [-0.15, -0.1) is 0 Å². The largest absolute Gasteiger partial charge is 0.265 e. The molecule has 42 valence electrons. The topological polar surface area (TPSA) is 12.4 Å². The van der Waals surface area contributed by atoms with E-state index < -0.39 is 0 Å². The molecule has 1 aliphatic heterocycles. The molecule has 0 fully saturated rings. The Kier molecular flexibility index (Phi) is 0.655. The van der Waals surface area contributed by atoms with Crippen molar-refractivity contribution >= 4 is 6.21 Å². The minimum atomic E-state index is 0.840. The average Bonchev–Trinajstić information content (AvgIpc) is 2.09. The molecule has 1 heterocycles. The first-order valence-corrected chi connectivity index (χ1v) is 3.12. The molecule has 0 spiro atoms. The van der Waals surface area contributed by atoms with Crippen molar-refractivity contribution in [3.63, 3.8) is 0 Å². The maximum absolute atomic E-state index is 4.21. The first kappa shape index (κ1) is 4.30. The Morgan fingerprint density at radius 2 is 2.62 bits per heavy atom. The summed E-state index contributed by atoms with van der Waals surface area (Å²) in [6, 6.07) is 0. The maximum Gasteiger partial charge on any atom is 0.0404 e. The lowest BCUT2D eigenvalue weighted by atomic mass is 9.83. The highest BCUT2D eigenvalue weighted by atomic mass is 14.8. The van der Waals surface area contributed by atoms with E-state index in [4.69, 9.17) is 0 Å². The number of hydrogen-bond donors (Lipinski definition) is 0. The van der Waals surface area contributed by atoms with Gasteiger partial charge in [0.2, 0.25) is 0 Å². The highest BCUT2D eigenvalue weighted by molar-refractivity contribution is 5.69. The lowest BCUT2D eigenvalue weighted by Crippen LogP contribution is -2.10. The van der Waals surface area contributed by atoms with E-state index in [0.717, 1.165) is 12.3 Å². The Morgan fingerprint density at radius 1 is 1.75 bits per heavy atom. The van der Waals surface area contributed by atoms with Gasteiger partial charge in [-0.25, -0.2) is 0 Å². The van der Waals surface area contributed by atoms with Gasteiger partial charge in [-0.1, -0.05) is 6.92 Å². The molecule has 0 aromatic carbocycles. The van der Waals surface area contributed by atoms with Crippen molar-refractivity contribution in [2.45, 2.75) is 19.8 Å². The molecule has 0 aromatic rings. The quantitative estimate of drug-likeness (QED) is 0.447. The van der Waals surface area contributed by atoms with Crippen LogP contribution in [-0.4, -0.2) is 6.21 Å². The van der Waals surface area contributed by atoms with Crippen molar-refractivity contribution in [1.29, 1.82) is 0 Å². The molecule has 1 atom stereocenters. The molecule has 0 aromatic heterocycles. The van der Waals surface area contributed by atoms with Gasteiger partial charge in [0, 0.05) is 18.3 Å². The van der Waals surface area contributed by atoms with Crippen molar-refractivity contribution in [3.05, 3.63) is 11.3 Å². The van der Waals surface area contributed by atoms with Crippen LogP contribution in [0, 0.1) is 5.92 Å². The lowest BCUT2D eigenvalue weighted by molar-refractivity contribution is 0.581. The van der Waals surface area contributed by atoms with Crippen LogP contribution >= 0.6 is 0 Å². The number of nitrogens with zero attached hydrogens (tertiary/aromatic N) is 1. The number of rotatable bonds is 0. The summed E-state index contributed by atoms with van der Waals surface area (Å²) in [5, 5.41) is 0. The van der Waals surface area contributed by atoms with E-state index in [0.29, 0.717) is 0 Å². The highest BCUT2D eigenvalue weighted by Gasteiger charge is 2.26. The van der Waals surface area contributed by atoms with Gasteiger partial charge >= 0.3 is 0 Å². The molecule has 0 radical (unpaired) electrons. The number of allylic oxidation sites excluding steroid dienone is 2. The Morgan fingerprint density at radius 3 is 3.12 bits per heavy atom. The molecular weight excluding hydrogens is 98.1 g/mol. The third-order valence-corrected chi connectivity index (χ3v) is 2.02. The molecule has 1 aliphatic carbocycles. The van der Waals surface area contributed by atoms with Gasteiger partial charge in [0.05, 0.1) is 0 Å². The van der Waals surface area contributed by atoms with Crippen LogP contribution in [0.1, 0.15) is 19.8 Å². The zero-order chi connectivity index (χ0) is 5.56. The van der Waals surface area contributed by atoms with E-state index in [1.54, 1.807) is 5.57 Å². The third-order valence-electron chi connectivity index (χ3n) is 2.02. The Balaban J connectivity index is 2.32. The highest BCUT2D eigenvalue weighted by Crippen LogP contribution is 2.39. The van der Waals surface area contributed by atoms with Crippen LogP contribution in [0.25, 0.3) is 0 Å². The molecule has 1 nitrogen and oxygen atoms in total. The monoisotopic (exact) mass is 107 g/mol. The third kappa shape index (κ3) is 0.347. The van der Waals surface area contributed by atoms with Gasteiger partial charge in [0.15, 0.2) is 0 Å². The van der Waals surface area contributed by atoms with Crippen molar-refractivity contribution in [3.8, 4) is 0 Å². The average molecular weight is 107 g/mol. The minimum Gasteiger partial charge on any atom is -0.265 e. The van der Waals surface area contributed by atoms with E-state index in [1.807, 2.05) is 6.21 Å². The minimum absolute atomic E-state index is 0.840. The van der Waals surface area contributed by atoms with E-state index >= 15 is 0 Å². The molecule has 1 heteroatoms. The standard InChI is InChI=1S/C7H9N/c1-5-4-7-6(5)2-3-8-7/h3,5H,2,4H2,1H3. The SMILES string of the molecule is CC1CC2=C1CC=N2. The second-order valence-corrected chi connectivity index (χ2v) is 2.59. The van der Waals surface area contributed by atoms with Gasteiger partial charge in [-0.05, 0) is 17.9 Å².